The fourth-order valence-corrected chi connectivity index (χ4v) is 5.18. The Hall–Kier alpha value is -3.35. The molecule has 2 amide bonds. The molecule has 186 valence electrons. The van der Waals surface area contributed by atoms with E-state index < -0.39 is 17.6 Å². The summed E-state index contributed by atoms with van der Waals surface area (Å²) in [6.45, 7) is 4.00. The lowest BCUT2D eigenvalue weighted by Gasteiger charge is -2.28. The lowest BCUT2D eigenvalue weighted by molar-refractivity contribution is -0.142. The van der Waals surface area contributed by atoms with Gasteiger partial charge in [-0.25, -0.2) is 4.79 Å². The molecule has 0 unspecified atom stereocenters. The number of alkyl carbamates (subject to hydrolysis) is 1. The van der Waals surface area contributed by atoms with Crippen LogP contribution in [0.5, 0.6) is 0 Å². The number of nitrogens with one attached hydrogen (secondary N) is 2. The van der Waals surface area contributed by atoms with E-state index in [2.05, 4.69) is 34.9 Å². The predicted molar refractivity (Wildman–Crippen MR) is 133 cm³/mol. The summed E-state index contributed by atoms with van der Waals surface area (Å²) >= 11 is 0. The second-order valence-electron chi connectivity index (χ2n) is 10.3. The highest BCUT2D eigenvalue weighted by Crippen LogP contribution is 2.44. The second-order valence-corrected chi connectivity index (χ2v) is 10.3. The quantitative estimate of drug-likeness (QED) is 0.503. The van der Waals surface area contributed by atoms with Gasteiger partial charge >= 0.3 is 12.1 Å². The maximum absolute atomic E-state index is 12.6. The SMILES string of the molecule is CC(C)(CCC(=O)NC1CCC(C(=O)O)CC1)NC(=O)OCC1c2ccccc2-c2ccccc21. The Kier molecular flexibility index (Phi) is 7.43. The summed E-state index contributed by atoms with van der Waals surface area (Å²) in [5, 5.41) is 15.0. The van der Waals surface area contributed by atoms with Crippen molar-refractivity contribution in [2.45, 2.75) is 69.9 Å². The minimum absolute atomic E-state index is 0.00161. The summed E-state index contributed by atoms with van der Waals surface area (Å²) in [5.41, 5.74) is 4.07. The van der Waals surface area contributed by atoms with Crippen molar-refractivity contribution in [2.24, 2.45) is 5.92 Å². The molecule has 35 heavy (non-hydrogen) atoms. The Morgan fingerprint density at radius 2 is 1.51 bits per heavy atom. The molecule has 2 aromatic rings. The van der Waals surface area contributed by atoms with Crippen LogP contribution in [0.2, 0.25) is 0 Å². The van der Waals surface area contributed by atoms with Crippen LogP contribution in [0.3, 0.4) is 0 Å². The first-order valence-corrected chi connectivity index (χ1v) is 12.4. The maximum atomic E-state index is 12.6. The number of amides is 2. The van der Waals surface area contributed by atoms with Gasteiger partial charge in [-0.15, -0.1) is 0 Å². The first-order valence-electron chi connectivity index (χ1n) is 12.4. The zero-order valence-corrected chi connectivity index (χ0v) is 20.4. The van der Waals surface area contributed by atoms with Crippen LogP contribution in [-0.4, -0.2) is 41.3 Å². The van der Waals surface area contributed by atoms with E-state index >= 15 is 0 Å². The largest absolute Gasteiger partial charge is 0.481 e. The first-order chi connectivity index (χ1) is 16.7. The molecule has 0 aromatic heterocycles. The monoisotopic (exact) mass is 478 g/mol. The summed E-state index contributed by atoms with van der Waals surface area (Å²) in [4.78, 5) is 36.1. The number of carbonyl (C=O) groups is 3. The molecule has 0 spiro atoms. The summed E-state index contributed by atoms with van der Waals surface area (Å²) in [6, 6.07) is 16.4. The van der Waals surface area contributed by atoms with E-state index in [1.54, 1.807) is 0 Å². The maximum Gasteiger partial charge on any atom is 0.407 e. The molecule has 1 fully saturated rings. The fourth-order valence-electron chi connectivity index (χ4n) is 5.18. The Morgan fingerprint density at radius 3 is 2.09 bits per heavy atom. The normalized spacial score (nSPS) is 19.4. The number of carboxylic acids is 1. The van der Waals surface area contributed by atoms with Crippen LogP contribution in [0.4, 0.5) is 4.79 Å². The standard InChI is InChI=1S/C28H34N2O5/c1-28(2,16-15-25(31)29-19-13-11-18(12-14-19)26(32)33)30-27(34)35-17-24-22-9-5-3-7-20(22)21-8-4-6-10-23(21)24/h3-10,18-19,24H,11-17H2,1-2H3,(H,29,31)(H,30,34)(H,32,33). The van der Waals surface area contributed by atoms with Crippen LogP contribution in [0, 0.1) is 5.92 Å². The third kappa shape index (κ3) is 6.02. The third-order valence-electron chi connectivity index (χ3n) is 7.20. The molecular formula is C28H34N2O5. The Labute approximate surface area is 206 Å². The fraction of sp³-hybridized carbons (Fsp3) is 0.464. The van der Waals surface area contributed by atoms with Gasteiger partial charge in [-0.05, 0) is 68.2 Å². The van der Waals surface area contributed by atoms with E-state index in [9.17, 15) is 14.4 Å². The number of aliphatic carboxylic acids is 1. The van der Waals surface area contributed by atoms with Crippen molar-refractivity contribution in [1.82, 2.24) is 10.6 Å². The molecule has 0 heterocycles. The van der Waals surface area contributed by atoms with Crippen LogP contribution in [0.15, 0.2) is 48.5 Å². The van der Waals surface area contributed by atoms with Crippen molar-refractivity contribution < 1.29 is 24.2 Å². The molecule has 3 N–H and O–H groups in total. The molecule has 7 heteroatoms. The topological polar surface area (TPSA) is 105 Å². The molecule has 0 atom stereocenters. The van der Waals surface area contributed by atoms with Crippen LogP contribution in [-0.2, 0) is 14.3 Å². The Morgan fingerprint density at radius 1 is 0.943 bits per heavy atom. The molecular weight excluding hydrogens is 444 g/mol. The number of benzene rings is 2. The van der Waals surface area contributed by atoms with Gasteiger partial charge in [-0.2, -0.15) is 0 Å². The molecule has 2 aromatic carbocycles. The molecule has 0 aliphatic heterocycles. The van der Waals surface area contributed by atoms with Gasteiger partial charge in [0, 0.05) is 23.9 Å². The molecule has 1 saturated carbocycles. The highest BCUT2D eigenvalue weighted by atomic mass is 16.5. The molecule has 7 nitrogen and oxygen atoms in total. The number of hydrogen-bond donors (Lipinski definition) is 3. The lowest BCUT2D eigenvalue weighted by atomic mass is 9.86. The van der Waals surface area contributed by atoms with Crippen LogP contribution in [0.25, 0.3) is 11.1 Å². The number of fused-ring (bicyclic) bond motifs is 3. The summed E-state index contributed by atoms with van der Waals surface area (Å²) in [5.74, 6) is -1.14. The van der Waals surface area contributed by atoms with Gasteiger partial charge in [-0.3, -0.25) is 9.59 Å². The minimum Gasteiger partial charge on any atom is -0.481 e. The lowest BCUT2D eigenvalue weighted by Crippen LogP contribution is -2.45. The van der Waals surface area contributed by atoms with Crippen molar-refractivity contribution in [1.29, 1.82) is 0 Å². The third-order valence-corrected chi connectivity index (χ3v) is 7.20. The molecule has 2 aliphatic carbocycles. The predicted octanol–water partition coefficient (Wildman–Crippen LogP) is 4.84. The average molecular weight is 479 g/mol. The van der Waals surface area contributed by atoms with Crippen molar-refractivity contribution in [3.8, 4) is 11.1 Å². The van der Waals surface area contributed by atoms with Crippen molar-refractivity contribution >= 4 is 18.0 Å². The van der Waals surface area contributed by atoms with E-state index in [1.165, 1.54) is 11.1 Å². The Balaban J connectivity index is 1.23. The zero-order chi connectivity index (χ0) is 25.0. The van der Waals surface area contributed by atoms with Crippen LogP contribution in [0.1, 0.15) is 69.4 Å². The number of hydrogen-bond acceptors (Lipinski definition) is 4. The number of carbonyl (C=O) groups excluding carboxylic acids is 2. The van der Waals surface area contributed by atoms with Crippen LogP contribution >= 0.6 is 0 Å². The van der Waals surface area contributed by atoms with Crippen molar-refractivity contribution in [3.05, 3.63) is 59.7 Å². The van der Waals surface area contributed by atoms with Crippen molar-refractivity contribution in [3.63, 3.8) is 0 Å². The molecule has 4 rings (SSSR count). The molecule has 2 aliphatic rings. The van der Waals surface area contributed by atoms with Gasteiger partial charge in [0.25, 0.3) is 0 Å². The van der Waals surface area contributed by atoms with Gasteiger partial charge < -0.3 is 20.5 Å². The van der Waals surface area contributed by atoms with E-state index in [4.69, 9.17) is 9.84 Å². The van der Waals surface area contributed by atoms with E-state index in [0.717, 1.165) is 11.1 Å². The minimum atomic E-state index is -0.754. The van der Waals surface area contributed by atoms with Gasteiger partial charge in [0.1, 0.15) is 6.61 Å². The average Bonchev–Trinajstić information content (AvgIpc) is 3.15. The summed E-state index contributed by atoms with van der Waals surface area (Å²) in [7, 11) is 0. The number of rotatable bonds is 8. The van der Waals surface area contributed by atoms with Gasteiger partial charge in [-0.1, -0.05) is 48.5 Å². The second kappa shape index (κ2) is 10.5. The van der Waals surface area contributed by atoms with Gasteiger partial charge in [0.05, 0.1) is 5.92 Å². The highest BCUT2D eigenvalue weighted by Gasteiger charge is 2.30. The van der Waals surface area contributed by atoms with Crippen LogP contribution < -0.4 is 10.6 Å². The number of ether oxygens (including phenoxy) is 1. The van der Waals surface area contributed by atoms with E-state index in [-0.39, 0.29) is 36.8 Å². The Bertz CT molecular complexity index is 1040. The summed E-state index contributed by atoms with van der Waals surface area (Å²) in [6.07, 6.45) is 2.80. The first kappa shape index (κ1) is 24.8. The zero-order valence-electron chi connectivity index (χ0n) is 20.4. The molecule has 0 bridgehead atoms. The van der Waals surface area contributed by atoms with Gasteiger partial charge in [0.2, 0.25) is 5.91 Å². The number of carboxylic acid groups (broad SMARTS) is 1. The molecule has 0 radical (unpaired) electrons. The summed E-state index contributed by atoms with van der Waals surface area (Å²) < 4.78 is 5.63. The highest BCUT2D eigenvalue weighted by molar-refractivity contribution is 5.79. The molecule has 0 saturated heterocycles. The smallest absolute Gasteiger partial charge is 0.407 e. The van der Waals surface area contributed by atoms with Gasteiger partial charge in [0.15, 0.2) is 0 Å². The van der Waals surface area contributed by atoms with Crippen molar-refractivity contribution in [2.75, 3.05) is 6.61 Å². The van der Waals surface area contributed by atoms with E-state index in [0.29, 0.717) is 32.1 Å². The van der Waals surface area contributed by atoms with E-state index in [1.807, 2.05) is 38.1 Å².